The Kier molecular flexibility index (Phi) is 5.41. The number of aliphatic hydroxyl groups excluding tert-OH is 1. The van der Waals surface area contributed by atoms with Gasteiger partial charge in [0.25, 0.3) is 0 Å². The molecule has 0 radical (unpaired) electrons. The number of hydrogen-bond acceptors (Lipinski definition) is 4. The van der Waals surface area contributed by atoms with Crippen molar-refractivity contribution in [1.29, 1.82) is 0 Å². The van der Waals surface area contributed by atoms with Crippen molar-refractivity contribution in [1.82, 2.24) is 5.32 Å². The molecule has 94 valence electrons. The third-order valence-corrected chi connectivity index (χ3v) is 2.62. The standard InChI is InChI=1S/C12H15NO3.ClH/c14-10-6-11(13-7-10)12(15)16-8-9-4-2-1-3-5-9;/h1-5,10-11,13-14H,6-8H2;1H/t10-,11+;/m1./s1. The van der Waals surface area contributed by atoms with Gasteiger partial charge in [0.05, 0.1) is 6.10 Å². The largest absolute Gasteiger partial charge is 0.460 e. The lowest BCUT2D eigenvalue weighted by Crippen LogP contribution is -2.32. The Morgan fingerprint density at radius 3 is 2.71 bits per heavy atom. The van der Waals surface area contributed by atoms with Crippen molar-refractivity contribution in [2.45, 2.75) is 25.2 Å². The van der Waals surface area contributed by atoms with Crippen LogP contribution in [0, 0.1) is 0 Å². The number of rotatable bonds is 3. The second-order valence-electron chi connectivity index (χ2n) is 3.94. The number of halogens is 1. The molecule has 1 saturated heterocycles. The predicted molar refractivity (Wildman–Crippen MR) is 65.9 cm³/mol. The van der Waals surface area contributed by atoms with Crippen LogP contribution in [0.2, 0.25) is 0 Å². The lowest BCUT2D eigenvalue weighted by atomic mass is 10.2. The third kappa shape index (κ3) is 4.00. The van der Waals surface area contributed by atoms with Crippen LogP contribution in [0.25, 0.3) is 0 Å². The first-order chi connectivity index (χ1) is 7.75. The Morgan fingerprint density at radius 1 is 1.41 bits per heavy atom. The summed E-state index contributed by atoms with van der Waals surface area (Å²) in [6, 6.07) is 9.18. The first-order valence-electron chi connectivity index (χ1n) is 5.38. The quantitative estimate of drug-likeness (QED) is 0.789. The van der Waals surface area contributed by atoms with Crippen LogP contribution < -0.4 is 5.32 Å². The summed E-state index contributed by atoms with van der Waals surface area (Å²) in [5, 5.41) is 12.2. The number of esters is 1. The minimum absolute atomic E-state index is 0. The summed E-state index contributed by atoms with van der Waals surface area (Å²) in [5.41, 5.74) is 0.967. The summed E-state index contributed by atoms with van der Waals surface area (Å²) in [6.07, 6.45) is 0.00226. The van der Waals surface area contributed by atoms with Crippen LogP contribution in [0.1, 0.15) is 12.0 Å². The van der Waals surface area contributed by atoms with E-state index >= 15 is 0 Å². The number of carbonyl (C=O) groups excluding carboxylic acids is 1. The zero-order valence-electron chi connectivity index (χ0n) is 9.33. The summed E-state index contributed by atoms with van der Waals surface area (Å²) < 4.78 is 5.15. The first-order valence-corrected chi connectivity index (χ1v) is 5.38. The Morgan fingerprint density at radius 2 is 2.12 bits per heavy atom. The smallest absolute Gasteiger partial charge is 0.323 e. The van der Waals surface area contributed by atoms with E-state index in [9.17, 15) is 9.90 Å². The van der Waals surface area contributed by atoms with E-state index in [4.69, 9.17) is 4.74 Å². The highest BCUT2D eigenvalue weighted by molar-refractivity contribution is 5.85. The van der Waals surface area contributed by atoms with Crippen molar-refractivity contribution in [3.05, 3.63) is 35.9 Å². The monoisotopic (exact) mass is 257 g/mol. The Bertz CT molecular complexity index is 358. The minimum Gasteiger partial charge on any atom is -0.460 e. The van der Waals surface area contributed by atoms with Crippen molar-refractivity contribution in [2.24, 2.45) is 0 Å². The number of carbonyl (C=O) groups is 1. The summed E-state index contributed by atoms with van der Waals surface area (Å²) in [4.78, 5) is 11.6. The first kappa shape index (κ1) is 14.0. The summed E-state index contributed by atoms with van der Waals surface area (Å²) >= 11 is 0. The van der Waals surface area contributed by atoms with E-state index in [0.717, 1.165) is 5.56 Å². The lowest BCUT2D eigenvalue weighted by Gasteiger charge is -2.10. The zero-order valence-corrected chi connectivity index (χ0v) is 10.2. The van der Waals surface area contributed by atoms with Crippen LogP contribution in [0.4, 0.5) is 0 Å². The molecule has 2 rings (SSSR count). The maximum absolute atomic E-state index is 11.6. The van der Waals surface area contributed by atoms with Gasteiger partial charge in [-0.2, -0.15) is 0 Å². The van der Waals surface area contributed by atoms with Gasteiger partial charge in [0.15, 0.2) is 0 Å². The number of hydrogen-bond donors (Lipinski definition) is 2. The molecule has 1 heterocycles. The average molecular weight is 258 g/mol. The van der Waals surface area contributed by atoms with Gasteiger partial charge in [-0.1, -0.05) is 30.3 Å². The van der Waals surface area contributed by atoms with Crippen molar-refractivity contribution >= 4 is 18.4 Å². The number of β-amino-alcohol motifs (C(OH)–C–C–N with tert-alkyl or cyclic N) is 1. The normalized spacial score (nSPS) is 22.9. The highest BCUT2D eigenvalue weighted by atomic mass is 35.5. The fourth-order valence-corrected chi connectivity index (χ4v) is 1.73. The van der Waals surface area contributed by atoms with E-state index in [1.807, 2.05) is 30.3 Å². The molecule has 2 atom stereocenters. The molecule has 4 nitrogen and oxygen atoms in total. The SMILES string of the molecule is Cl.O=C(OCc1ccccc1)[C@@H]1C[C@@H](O)CN1. The molecule has 0 aromatic heterocycles. The highest BCUT2D eigenvalue weighted by Crippen LogP contribution is 2.09. The van der Waals surface area contributed by atoms with Crippen LogP contribution in [-0.2, 0) is 16.1 Å². The number of aliphatic hydroxyl groups is 1. The molecule has 17 heavy (non-hydrogen) atoms. The van der Waals surface area contributed by atoms with Gasteiger partial charge in [0, 0.05) is 13.0 Å². The van der Waals surface area contributed by atoms with Crippen LogP contribution in [0.15, 0.2) is 30.3 Å². The number of nitrogens with one attached hydrogen (secondary N) is 1. The summed E-state index contributed by atoms with van der Waals surface area (Å²) in [6.45, 7) is 0.749. The van der Waals surface area contributed by atoms with E-state index < -0.39 is 6.10 Å². The van der Waals surface area contributed by atoms with Crippen molar-refractivity contribution in [3.63, 3.8) is 0 Å². The zero-order chi connectivity index (χ0) is 11.4. The Balaban J connectivity index is 0.00000144. The van der Waals surface area contributed by atoms with E-state index in [1.165, 1.54) is 0 Å². The molecule has 1 fully saturated rings. The maximum atomic E-state index is 11.6. The van der Waals surface area contributed by atoms with E-state index in [2.05, 4.69) is 5.32 Å². The van der Waals surface area contributed by atoms with Crippen molar-refractivity contribution in [3.8, 4) is 0 Å². The van der Waals surface area contributed by atoms with Crippen LogP contribution in [-0.4, -0.2) is 29.8 Å². The molecule has 1 aromatic rings. The molecule has 1 aliphatic heterocycles. The van der Waals surface area contributed by atoms with Gasteiger partial charge in [-0.25, -0.2) is 0 Å². The molecule has 0 spiro atoms. The molecule has 2 N–H and O–H groups in total. The third-order valence-electron chi connectivity index (χ3n) is 2.62. The van der Waals surface area contributed by atoms with Gasteiger partial charge in [-0.15, -0.1) is 12.4 Å². The van der Waals surface area contributed by atoms with Gasteiger partial charge in [0.2, 0.25) is 0 Å². The van der Waals surface area contributed by atoms with Crippen LogP contribution in [0.5, 0.6) is 0 Å². The topological polar surface area (TPSA) is 58.6 Å². The molecular weight excluding hydrogens is 242 g/mol. The fraction of sp³-hybridized carbons (Fsp3) is 0.417. The van der Waals surface area contributed by atoms with Gasteiger partial charge < -0.3 is 15.2 Å². The van der Waals surface area contributed by atoms with Crippen molar-refractivity contribution in [2.75, 3.05) is 6.54 Å². The molecule has 0 bridgehead atoms. The van der Waals surface area contributed by atoms with E-state index in [1.54, 1.807) is 0 Å². The summed E-state index contributed by atoms with van der Waals surface area (Å²) in [5.74, 6) is -0.291. The van der Waals surface area contributed by atoms with Gasteiger partial charge in [-0.05, 0) is 5.56 Å². The van der Waals surface area contributed by atoms with Crippen LogP contribution in [0.3, 0.4) is 0 Å². The van der Waals surface area contributed by atoms with E-state index in [-0.39, 0.29) is 31.0 Å². The second-order valence-corrected chi connectivity index (χ2v) is 3.94. The number of ether oxygens (including phenoxy) is 1. The lowest BCUT2D eigenvalue weighted by molar-refractivity contribution is -0.147. The Hall–Kier alpha value is -1.10. The van der Waals surface area contributed by atoms with E-state index in [0.29, 0.717) is 13.0 Å². The summed E-state index contributed by atoms with van der Waals surface area (Å²) in [7, 11) is 0. The molecule has 1 aliphatic rings. The molecule has 0 aliphatic carbocycles. The predicted octanol–water partition coefficient (Wildman–Crippen LogP) is 0.874. The molecule has 0 unspecified atom stereocenters. The molecule has 0 amide bonds. The second kappa shape index (κ2) is 6.59. The van der Waals surface area contributed by atoms with Crippen molar-refractivity contribution < 1.29 is 14.6 Å². The molecular formula is C12H16ClNO3. The molecule has 0 saturated carbocycles. The van der Waals surface area contributed by atoms with Crippen LogP contribution >= 0.6 is 12.4 Å². The molecule has 5 heteroatoms. The fourth-order valence-electron chi connectivity index (χ4n) is 1.73. The maximum Gasteiger partial charge on any atom is 0.323 e. The van der Waals surface area contributed by atoms with Gasteiger partial charge >= 0.3 is 5.97 Å². The van der Waals surface area contributed by atoms with Gasteiger partial charge in [-0.3, -0.25) is 4.79 Å². The molecule has 1 aromatic carbocycles. The number of benzene rings is 1. The minimum atomic E-state index is -0.436. The Labute approximate surface area is 106 Å². The highest BCUT2D eigenvalue weighted by Gasteiger charge is 2.29. The van der Waals surface area contributed by atoms with Gasteiger partial charge in [0.1, 0.15) is 12.6 Å². The average Bonchev–Trinajstić information content (AvgIpc) is 2.74.